The van der Waals surface area contributed by atoms with E-state index < -0.39 is 5.54 Å². The van der Waals surface area contributed by atoms with Gasteiger partial charge in [-0.2, -0.15) is 0 Å². The van der Waals surface area contributed by atoms with Gasteiger partial charge in [-0.25, -0.2) is 0 Å². The van der Waals surface area contributed by atoms with Gasteiger partial charge >= 0.3 is 5.97 Å². The lowest BCUT2D eigenvalue weighted by atomic mass is 9.81. The summed E-state index contributed by atoms with van der Waals surface area (Å²) >= 11 is 0. The van der Waals surface area contributed by atoms with E-state index in [2.05, 4.69) is 5.32 Å². The molecule has 0 fully saturated rings. The number of hydrogen-bond acceptors (Lipinski definition) is 5. The van der Waals surface area contributed by atoms with E-state index in [1.807, 2.05) is 26.0 Å². The standard InChI is InChI=1S/C16H23NO4/c1-5-21-15(18)10-16(2)12-9-14(20-4)13(19-3)8-11(12)6-7-17-16/h8-9,17H,5-7,10H2,1-4H3. The number of nitrogens with one attached hydrogen (secondary N) is 1. The fraction of sp³-hybridized carbons (Fsp3) is 0.562. The van der Waals surface area contributed by atoms with E-state index in [9.17, 15) is 4.79 Å². The van der Waals surface area contributed by atoms with E-state index >= 15 is 0 Å². The van der Waals surface area contributed by atoms with Crippen molar-refractivity contribution in [2.45, 2.75) is 32.2 Å². The van der Waals surface area contributed by atoms with Crippen LogP contribution in [0.4, 0.5) is 0 Å². The number of carbonyl (C=O) groups excluding carboxylic acids is 1. The normalized spacial score (nSPS) is 20.6. The van der Waals surface area contributed by atoms with Crippen molar-refractivity contribution in [3.8, 4) is 11.5 Å². The number of ether oxygens (including phenoxy) is 3. The van der Waals surface area contributed by atoms with Crippen LogP contribution in [0.1, 0.15) is 31.4 Å². The second-order valence-electron chi connectivity index (χ2n) is 5.36. The molecular weight excluding hydrogens is 270 g/mol. The van der Waals surface area contributed by atoms with Gasteiger partial charge in [0.25, 0.3) is 0 Å². The molecule has 0 spiro atoms. The molecule has 0 saturated heterocycles. The monoisotopic (exact) mass is 293 g/mol. The van der Waals surface area contributed by atoms with Crippen LogP contribution in [-0.4, -0.2) is 33.3 Å². The van der Waals surface area contributed by atoms with Gasteiger partial charge in [-0.15, -0.1) is 0 Å². The molecule has 1 aliphatic rings. The Hall–Kier alpha value is -1.75. The summed E-state index contributed by atoms with van der Waals surface area (Å²) in [5.41, 5.74) is 1.80. The summed E-state index contributed by atoms with van der Waals surface area (Å²) in [6.45, 7) is 5.05. The molecule has 21 heavy (non-hydrogen) atoms. The second-order valence-corrected chi connectivity index (χ2v) is 5.36. The van der Waals surface area contributed by atoms with Crippen molar-refractivity contribution in [1.82, 2.24) is 5.32 Å². The van der Waals surface area contributed by atoms with Gasteiger partial charge < -0.3 is 19.5 Å². The van der Waals surface area contributed by atoms with Gasteiger partial charge in [0, 0.05) is 6.54 Å². The van der Waals surface area contributed by atoms with Crippen molar-refractivity contribution in [1.29, 1.82) is 0 Å². The number of esters is 1. The molecule has 0 aliphatic carbocycles. The number of benzene rings is 1. The van der Waals surface area contributed by atoms with Crippen molar-refractivity contribution in [3.63, 3.8) is 0 Å². The number of carbonyl (C=O) groups is 1. The third-order valence-electron chi connectivity index (χ3n) is 3.92. The first-order valence-corrected chi connectivity index (χ1v) is 7.20. The predicted octanol–water partition coefficient (Wildman–Crippen LogP) is 2.02. The quantitative estimate of drug-likeness (QED) is 0.842. The van der Waals surface area contributed by atoms with E-state index in [4.69, 9.17) is 14.2 Å². The van der Waals surface area contributed by atoms with Crippen LogP contribution in [0.15, 0.2) is 12.1 Å². The van der Waals surface area contributed by atoms with Crippen LogP contribution in [0.5, 0.6) is 11.5 Å². The molecule has 5 heteroatoms. The molecule has 0 aromatic heterocycles. The molecule has 0 amide bonds. The molecule has 1 heterocycles. The van der Waals surface area contributed by atoms with Crippen molar-refractivity contribution in [2.24, 2.45) is 0 Å². The molecule has 0 saturated carbocycles. The van der Waals surface area contributed by atoms with Crippen LogP contribution in [0, 0.1) is 0 Å². The lowest BCUT2D eigenvalue weighted by Crippen LogP contribution is -2.46. The third kappa shape index (κ3) is 3.13. The third-order valence-corrected chi connectivity index (χ3v) is 3.92. The molecule has 2 rings (SSSR count). The van der Waals surface area contributed by atoms with Crippen molar-refractivity contribution < 1.29 is 19.0 Å². The summed E-state index contributed by atoms with van der Waals surface area (Å²) in [4.78, 5) is 11.9. The zero-order valence-corrected chi connectivity index (χ0v) is 13.1. The first kappa shape index (κ1) is 15.6. The average molecular weight is 293 g/mol. The molecule has 1 unspecified atom stereocenters. The Bertz CT molecular complexity index is 529. The van der Waals surface area contributed by atoms with E-state index in [1.54, 1.807) is 14.2 Å². The molecule has 0 bridgehead atoms. The highest BCUT2D eigenvalue weighted by Crippen LogP contribution is 2.39. The number of hydrogen-bond donors (Lipinski definition) is 1. The first-order chi connectivity index (χ1) is 10.0. The lowest BCUT2D eigenvalue weighted by molar-refractivity contribution is -0.144. The van der Waals surface area contributed by atoms with Gasteiger partial charge in [-0.05, 0) is 43.5 Å². The summed E-state index contributed by atoms with van der Waals surface area (Å²) < 4.78 is 15.8. The predicted molar refractivity (Wildman–Crippen MR) is 79.9 cm³/mol. The van der Waals surface area contributed by atoms with Gasteiger partial charge in [0.05, 0.1) is 32.8 Å². The fourth-order valence-corrected chi connectivity index (χ4v) is 2.87. The Labute approximate surface area is 125 Å². The maximum absolute atomic E-state index is 11.9. The molecule has 1 aromatic carbocycles. The Morgan fingerprint density at radius 2 is 1.95 bits per heavy atom. The van der Waals surface area contributed by atoms with Gasteiger partial charge in [-0.3, -0.25) is 4.79 Å². The topological polar surface area (TPSA) is 56.8 Å². The summed E-state index contributed by atoms with van der Waals surface area (Å²) in [5, 5.41) is 3.43. The Morgan fingerprint density at radius 1 is 1.29 bits per heavy atom. The van der Waals surface area contributed by atoms with Crippen molar-refractivity contribution in [2.75, 3.05) is 27.4 Å². The Morgan fingerprint density at radius 3 is 2.57 bits per heavy atom. The van der Waals surface area contributed by atoms with Crippen LogP contribution in [0.25, 0.3) is 0 Å². The van der Waals surface area contributed by atoms with Crippen LogP contribution < -0.4 is 14.8 Å². The highest BCUT2D eigenvalue weighted by molar-refractivity contribution is 5.72. The fourth-order valence-electron chi connectivity index (χ4n) is 2.87. The minimum atomic E-state index is -0.445. The molecule has 5 nitrogen and oxygen atoms in total. The molecule has 116 valence electrons. The molecular formula is C16H23NO4. The smallest absolute Gasteiger partial charge is 0.307 e. The van der Waals surface area contributed by atoms with E-state index in [0.717, 1.165) is 24.3 Å². The minimum Gasteiger partial charge on any atom is -0.493 e. The zero-order chi connectivity index (χ0) is 15.5. The van der Waals surface area contributed by atoms with Crippen molar-refractivity contribution >= 4 is 5.97 Å². The largest absolute Gasteiger partial charge is 0.493 e. The Balaban J connectivity index is 2.39. The average Bonchev–Trinajstić information content (AvgIpc) is 2.46. The van der Waals surface area contributed by atoms with Gasteiger partial charge in [0.1, 0.15) is 0 Å². The van der Waals surface area contributed by atoms with E-state index in [0.29, 0.717) is 18.8 Å². The van der Waals surface area contributed by atoms with E-state index in [1.165, 1.54) is 5.56 Å². The van der Waals surface area contributed by atoms with Crippen LogP contribution in [-0.2, 0) is 21.5 Å². The van der Waals surface area contributed by atoms with Crippen LogP contribution in [0.2, 0.25) is 0 Å². The van der Waals surface area contributed by atoms with Gasteiger partial charge in [0.15, 0.2) is 11.5 Å². The first-order valence-electron chi connectivity index (χ1n) is 7.20. The van der Waals surface area contributed by atoms with Crippen molar-refractivity contribution in [3.05, 3.63) is 23.3 Å². The maximum atomic E-state index is 11.9. The Kier molecular flexibility index (Phi) is 4.73. The molecule has 1 aliphatic heterocycles. The van der Waals surface area contributed by atoms with Gasteiger partial charge in [-0.1, -0.05) is 0 Å². The summed E-state index contributed by atoms with van der Waals surface area (Å²) in [6, 6.07) is 3.96. The number of fused-ring (bicyclic) bond motifs is 1. The molecule has 1 aromatic rings. The van der Waals surface area contributed by atoms with E-state index in [-0.39, 0.29) is 5.97 Å². The maximum Gasteiger partial charge on any atom is 0.307 e. The molecule has 1 atom stereocenters. The number of rotatable bonds is 5. The van der Waals surface area contributed by atoms with Crippen LogP contribution >= 0.6 is 0 Å². The molecule has 1 N–H and O–H groups in total. The van der Waals surface area contributed by atoms with Crippen LogP contribution in [0.3, 0.4) is 0 Å². The SMILES string of the molecule is CCOC(=O)CC1(C)NCCc2cc(OC)c(OC)cc21. The zero-order valence-electron chi connectivity index (χ0n) is 13.1. The summed E-state index contributed by atoms with van der Waals surface area (Å²) in [5.74, 6) is 1.20. The second kappa shape index (κ2) is 6.35. The lowest BCUT2D eigenvalue weighted by Gasteiger charge is -2.37. The molecule has 0 radical (unpaired) electrons. The summed E-state index contributed by atoms with van der Waals surface area (Å²) in [7, 11) is 3.24. The summed E-state index contributed by atoms with van der Waals surface area (Å²) in [6.07, 6.45) is 1.19. The highest BCUT2D eigenvalue weighted by Gasteiger charge is 2.35. The van der Waals surface area contributed by atoms with Gasteiger partial charge in [0.2, 0.25) is 0 Å². The number of methoxy groups -OCH3 is 2. The highest BCUT2D eigenvalue weighted by atomic mass is 16.5. The minimum absolute atomic E-state index is 0.199.